The molecule has 1 saturated heterocycles. The highest BCUT2D eigenvalue weighted by atomic mass is 32.2. The van der Waals surface area contributed by atoms with Crippen LogP contribution in [0.5, 0.6) is 0 Å². The van der Waals surface area contributed by atoms with E-state index in [4.69, 9.17) is 0 Å². The van der Waals surface area contributed by atoms with Gasteiger partial charge in [-0.25, -0.2) is 12.8 Å². The molecule has 1 fully saturated rings. The lowest BCUT2D eigenvalue weighted by Gasteiger charge is -2.38. The first-order valence-corrected chi connectivity index (χ1v) is 12.6. The Kier molecular flexibility index (Phi) is 7.11. The average Bonchev–Trinajstić information content (AvgIpc) is 2.80. The van der Waals surface area contributed by atoms with Crippen molar-refractivity contribution in [3.63, 3.8) is 0 Å². The Balaban J connectivity index is 1.53. The SMILES string of the molecule is Cc1cc(C)cc(NC(=O)[C@H](c2ccccc2)N2CCN(S(=O)(=O)c3ccc(F)cc3)CC2)c1. The molecule has 1 heterocycles. The van der Waals surface area contributed by atoms with E-state index >= 15 is 0 Å². The summed E-state index contributed by atoms with van der Waals surface area (Å²) < 4.78 is 40.6. The van der Waals surface area contributed by atoms with Crippen LogP contribution in [0, 0.1) is 19.7 Å². The number of amides is 1. The summed E-state index contributed by atoms with van der Waals surface area (Å²) in [6, 6.07) is 19.7. The second-order valence-electron chi connectivity index (χ2n) is 8.57. The maximum atomic E-state index is 13.4. The lowest BCUT2D eigenvalue weighted by molar-refractivity contribution is -0.122. The standard InChI is InChI=1S/C26H28FN3O3S/c1-19-16-20(2)18-23(17-19)28-26(31)25(21-6-4-3-5-7-21)29-12-14-30(15-13-29)34(32,33)24-10-8-22(27)9-11-24/h3-11,16-18,25H,12-15H2,1-2H3,(H,28,31)/t25-/m0/s1. The van der Waals surface area contributed by atoms with Gasteiger partial charge in [-0.15, -0.1) is 0 Å². The predicted octanol–water partition coefficient (Wildman–Crippen LogP) is 4.13. The van der Waals surface area contributed by atoms with Crippen LogP contribution in [-0.4, -0.2) is 49.7 Å². The Morgan fingerprint density at radius 3 is 2.06 bits per heavy atom. The Morgan fingerprint density at radius 1 is 0.882 bits per heavy atom. The number of halogens is 1. The topological polar surface area (TPSA) is 69.7 Å². The summed E-state index contributed by atoms with van der Waals surface area (Å²) in [7, 11) is -3.73. The molecule has 0 aromatic heterocycles. The second kappa shape index (κ2) is 10.0. The van der Waals surface area contributed by atoms with E-state index in [0.29, 0.717) is 13.1 Å². The van der Waals surface area contributed by atoms with Crippen molar-refractivity contribution in [3.8, 4) is 0 Å². The lowest BCUT2D eigenvalue weighted by atomic mass is 10.0. The van der Waals surface area contributed by atoms with Crippen LogP contribution < -0.4 is 5.32 Å². The molecule has 3 aromatic rings. The largest absolute Gasteiger partial charge is 0.324 e. The summed E-state index contributed by atoms with van der Waals surface area (Å²) in [5, 5.41) is 3.04. The number of carbonyl (C=O) groups excluding carboxylic acids is 1. The van der Waals surface area contributed by atoms with E-state index in [9.17, 15) is 17.6 Å². The van der Waals surface area contributed by atoms with Crippen molar-refractivity contribution < 1.29 is 17.6 Å². The minimum absolute atomic E-state index is 0.0644. The van der Waals surface area contributed by atoms with Crippen molar-refractivity contribution in [2.75, 3.05) is 31.5 Å². The first-order chi connectivity index (χ1) is 16.2. The van der Waals surface area contributed by atoms with Crippen LogP contribution in [0.3, 0.4) is 0 Å². The van der Waals surface area contributed by atoms with Gasteiger partial charge in [0.1, 0.15) is 11.9 Å². The molecule has 6 nitrogen and oxygen atoms in total. The van der Waals surface area contributed by atoms with E-state index in [1.807, 2.05) is 67.3 Å². The van der Waals surface area contributed by atoms with E-state index in [1.165, 1.54) is 16.4 Å². The number of nitrogens with zero attached hydrogens (tertiary/aromatic N) is 2. The molecule has 1 atom stereocenters. The third-order valence-electron chi connectivity index (χ3n) is 5.94. The number of hydrogen-bond acceptors (Lipinski definition) is 4. The number of anilines is 1. The maximum Gasteiger partial charge on any atom is 0.246 e. The number of benzene rings is 3. The van der Waals surface area contributed by atoms with Crippen LogP contribution in [0.1, 0.15) is 22.7 Å². The zero-order valence-corrected chi connectivity index (χ0v) is 20.1. The van der Waals surface area contributed by atoms with Gasteiger partial charge in [-0.3, -0.25) is 9.69 Å². The fourth-order valence-electron chi connectivity index (χ4n) is 4.38. The lowest BCUT2D eigenvalue weighted by Crippen LogP contribution is -2.51. The molecule has 0 unspecified atom stereocenters. The molecule has 0 saturated carbocycles. The highest BCUT2D eigenvalue weighted by Gasteiger charge is 2.34. The van der Waals surface area contributed by atoms with Gasteiger partial charge >= 0.3 is 0 Å². The molecule has 34 heavy (non-hydrogen) atoms. The van der Waals surface area contributed by atoms with E-state index in [-0.39, 0.29) is 23.9 Å². The first kappa shape index (κ1) is 24.1. The van der Waals surface area contributed by atoms with Crippen molar-refractivity contribution in [2.24, 2.45) is 0 Å². The van der Waals surface area contributed by atoms with Gasteiger partial charge in [-0.05, 0) is 66.9 Å². The molecular formula is C26H28FN3O3S. The molecule has 1 aliphatic rings. The molecule has 8 heteroatoms. The molecule has 0 spiro atoms. The zero-order valence-electron chi connectivity index (χ0n) is 19.2. The Morgan fingerprint density at radius 2 is 1.47 bits per heavy atom. The van der Waals surface area contributed by atoms with Crippen molar-refractivity contribution in [2.45, 2.75) is 24.8 Å². The highest BCUT2D eigenvalue weighted by molar-refractivity contribution is 7.89. The minimum Gasteiger partial charge on any atom is -0.324 e. The number of carbonyl (C=O) groups is 1. The quantitative estimate of drug-likeness (QED) is 0.575. The molecule has 3 aromatic carbocycles. The third-order valence-corrected chi connectivity index (χ3v) is 7.86. The van der Waals surface area contributed by atoms with Crippen LogP contribution in [0.4, 0.5) is 10.1 Å². The van der Waals surface area contributed by atoms with E-state index in [0.717, 1.165) is 34.5 Å². The summed E-state index contributed by atoms with van der Waals surface area (Å²) in [5.74, 6) is -0.643. The molecule has 0 radical (unpaired) electrons. The fourth-order valence-corrected chi connectivity index (χ4v) is 5.80. The van der Waals surface area contributed by atoms with Gasteiger partial charge in [0, 0.05) is 31.9 Å². The number of rotatable bonds is 6. The fraction of sp³-hybridized carbons (Fsp3) is 0.269. The highest BCUT2D eigenvalue weighted by Crippen LogP contribution is 2.27. The van der Waals surface area contributed by atoms with Gasteiger partial charge in [0.25, 0.3) is 0 Å². The van der Waals surface area contributed by atoms with Gasteiger partial charge in [-0.2, -0.15) is 4.31 Å². The molecule has 1 amide bonds. The molecule has 0 aliphatic carbocycles. The maximum absolute atomic E-state index is 13.4. The van der Waals surface area contributed by atoms with E-state index < -0.39 is 21.9 Å². The summed E-state index contributed by atoms with van der Waals surface area (Å²) in [4.78, 5) is 15.5. The Labute approximate surface area is 200 Å². The van der Waals surface area contributed by atoms with Crippen LogP contribution in [-0.2, 0) is 14.8 Å². The smallest absolute Gasteiger partial charge is 0.246 e. The average molecular weight is 482 g/mol. The van der Waals surface area contributed by atoms with Gasteiger partial charge in [-0.1, -0.05) is 36.4 Å². The number of nitrogens with one attached hydrogen (secondary N) is 1. The van der Waals surface area contributed by atoms with Gasteiger partial charge in [0.05, 0.1) is 4.90 Å². The normalized spacial score (nSPS) is 16.2. The Bertz CT molecular complexity index is 1240. The van der Waals surface area contributed by atoms with Gasteiger partial charge in [0.2, 0.25) is 15.9 Å². The van der Waals surface area contributed by atoms with Crippen molar-refractivity contribution in [3.05, 3.63) is 95.3 Å². The van der Waals surface area contributed by atoms with E-state index in [2.05, 4.69) is 5.32 Å². The third kappa shape index (κ3) is 5.35. The van der Waals surface area contributed by atoms with Crippen LogP contribution >= 0.6 is 0 Å². The number of sulfonamides is 1. The summed E-state index contributed by atoms with van der Waals surface area (Å²) in [6.07, 6.45) is 0. The van der Waals surface area contributed by atoms with Crippen LogP contribution in [0.15, 0.2) is 77.7 Å². The molecule has 4 rings (SSSR count). The van der Waals surface area contributed by atoms with Gasteiger partial charge < -0.3 is 5.32 Å². The summed E-state index contributed by atoms with van der Waals surface area (Å²) in [5.41, 5.74) is 3.71. The van der Waals surface area contributed by atoms with Crippen molar-refractivity contribution in [1.82, 2.24) is 9.21 Å². The summed E-state index contributed by atoms with van der Waals surface area (Å²) in [6.45, 7) is 5.22. The van der Waals surface area contributed by atoms with Gasteiger partial charge in [0.15, 0.2) is 0 Å². The molecule has 1 N–H and O–H groups in total. The first-order valence-electron chi connectivity index (χ1n) is 11.2. The number of hydrogen-bond donors (Lipinski definition) is 1. The number of piperazine rings is 1. The Hall–Kier alpha value is -3.07. The molecule has 0 bridgehead atoms. The minimum atomic E-state index is -3.73. The number of aryl methyl sites for hydroxylation is 2. The van der Waals surface area contributed by atoms with Crippen LogP contribution in [0.25, 0.3) is 0 Å². The van der Waals surface area contributed by atoms with Crippen molar-refractivity contribution in [1.29, 1.82) is 0 Å². The molecular weight excluding hydrogens is 453 g/mol. The zero-order chi connectivity index (χ0) is 24.3. The van der Waals surface area contributed by atoms with Crippen molar-refractivity contribution >= 4 is 21.6 Å². The molecule has 1 aliphatic heterocycles. The predicted molar refractivity (Wildman–Crippen MR) is 130 cm³/mol. The monoisotopic (exact) mass is 481 g/mol. The van der Waals surface area contributed by atoms with Crippen LogP contribution in [0.2, 0.25) is 0 Å². The second-order valence-corrected chi connectivity index (χ2v) is 10.5. The molecule has 178 valence electrons. The van der Waals surface area contributed by atoms with E-state index in [1.54, 1.807) is 0 Å². The summed E-state index contributed by atoms with van der Waals surface area (Å²) >= 11 is 0.